The number of hydrogen-bond acceptors (Lipinski definition) is 3. The van der Waals surface area contributed by atoms with Crippen LogP contribution in [-0.4, -0.2) is 25.7 Å². The maximum absolute atomic E-state index is 11.3. The Morgan fingerprint density at radius 2 is 1.71 bits per heavy atom. The molecule has 3 heterocycles. The lowest BCUT2D eigenvalue weighted by Gasteiger charge is -2.28. The maximum Gasteiger partial charge on any atom is 0.335 e. The summed E-state index contributed by atoms with van der Waals surface area (Å²) in [6, 6.07) is 22.9. The number of aromatic nitrogens is 2. The van der Waals surface area contributed by atoms with E-state index in [1.54, 1.807) is 18.3 Å². The zero-order valence-electron chi connectivity index (χ0n) is 19.1. The smallest absolute Gasteiger partial charge is 0.335 e. The number of rotatable bonds is 5. The fourth-order valence-electron chi connectivity index (χ4n) is 4.79. The minimum Gasteiger partial charge on any atom is -0.478 e. The first-order chi connectivity index (χ1) is 16.8. The Balaban J connectivity index is 1.65. The molecule has 0 spiro atoms. The van der Waals surface area contributed by atoms with Crippen molar-refractivity contribution in [3.63, 3.8) is 0 Å². The van der Waals surface area contributed by atoms with Crippen molar-refractivity contribution in [2.45, 2.75) is 25.9 Å². The molecule has 0 saturated carbocycles. The number of anilines is 1. The normalized spacial score (nSPS) is 17.5. The molecule has 2 N–H and O–H groups in total. The molecule has 35 heavy (non-hydrogen) atoms. The molecular weight excluding hydrogens is 524 g/mol. The van der Waals surface area contributed by atoms with E-state index in [1.165, 1.54) is 0 Å². The Labute approximate surface area is 217 Å². The number of halogens is 1. The van der Waals surface area contributed by atoms with Crippen molar-refractivity contribution >= 4 is 44.9 Å². The highest BCUT2D eigenvalue weighted by atomic mass is 79.9. The molecule has 0 radical (unpaired) electrons. The lowest BCUT2D eigenvalue weighted by atomic mass is 9.96. The summed E-state index contributed by atoms with van der Waals surface area (Å²) >= 11 is 9.36. The van der Waals surface area contributed by atoms with Gasteiger partial charge in [-0.1, -0.05) is 22.0 Å². The number of nitrogens with zero attached hydrogens (tertiary/aromatic N) is 3. The van der Waals surface area contributed by atoms with Crippen LogP contribution in [0.3, 0.4) is 0 Å². The first kappa shape index (κ1) is 23.3. The average molecular weight is 547 g/mol. The van der Waals surface area contributed by atoms with Crippen LogP contribution >= 0.6 is 28.1 Å². The van der Waals surface area contributed by atoms with Gasteiger partial charge in [-0.25, -0.2) is 4.79 Å². The number of carboxylic acids is 1. The molecule has 0 unspecified atom stereocenters. The highest BCUT2D eigenvalue weighted by molar-refractivity contribution is 9.10. The molecule has 0 aliphatic carbocycles. The van der Waals surface area contributed by atoms with Crippen molar-refractivity contribution in [1.29, 1.82) is 0 Å². The van der Waals surface area contributed by atoms with Crippen molar-refractivity contribution in [2.75, 3.05) is 4.90 Å². The van der Waals surface area contributed by atoms with Gasteiger partial charge in [0.05, 0.1) is 23.3 Å². The van der Waals surface area contributed by atoms with Crippen LogP contribution in [0.15, 0.2) is 83.5 Å². The molecule has 2 aromatic heterocycles. The summed E-state index contributed by atoms with van der Waals surface area (Å²) < 4.78 is 3.15. The fourth-order valence-corrected chi connectivity index (χ4v) is 5.40. The molecule has 1 aliphatic rings. The van der Waals surface area contributed by atoms with E-state index in [9.17, 15) is 9.90 Å². The molecule has 0 amide bonds. The number of aryl methyl sites for hydroxylation is 1. The molecule has 176 valence electrons. The van der Waals surface area contributed by atoms with E-state index >= 15 is 0 Å². The summed E-state index contributed by atoms with van der Waals surface area (Å²) in [5, 5.41) is 13.4. The second kappa shape index (κ2) is 9.28. The summed E-state index contributed by atoms with van der Waals surface area (Å²) in [7, 11) is 0. The van der Waals surface area contributed by atoms with Crippen molar-refractivity contribution in [2.24, 2.45) is 0 Å². The number of thiocarbonyl (C=S) groups is 1. The van der Waals surface area contributed by atoms with Crippen molar-refractivity contribution in [1.82, 2.24) is 14.9 Å². The molecule has 5 rings (SSSR count). The van der Waals surface area contributed by atoms with E-state index in [0.29, 0.717) is 5.11 Å². The summed E-state index contributed by atoms with van der Waals surface area (Å²) in [5.41, 5.74) is 6.31. The van der Waals surface area contributed by atoms with Gasteiger partial charge in [0.25, 0.3) is 0 Å². The zero-order chi connectivity index (χ0) is 24.7. The fraction of sp³-hybridized carbons (Fsp3) is 0.148. The van der Waals surface area contributed by atoms with Crippen LogP contribution in [0, 0.1) is 13.8 Å². The molecule has 8 heteroatoms. The minimum atomic E-state index is -0.938. The molecule has 1 aliphatic heterocycles. The second-order valence-electron chi connectivity index (χ2n) is 8.49. The number of pyridine rings is 1. The van der Waals surface area contributed by atoms with Crippen LogP contribution < -0.4 is 10.2 Å². The summed E-state index contributed by atoms with van der Waals surface area (Å²) in [4.78, 5) is 18.1. The predicted molar refractivity (Wildman–Crippen MR) is 144 cm³/mol. The Morgan fingerprint density at radius 3 is 2.34 bits per heavy atom. The van der Waals surface area contributed by atoms with Gasteiger partial charge in [0.1, 0.15) is 0 Å². The highest BCUT2D eigenvalue weighted by Crippen LogP contribution is 2.43. The third-order valence-electron chi connectivity index (χ3n) is 6.36. The predicted octanol–water partition coefficient (Wildman–Crippen LogP) is 6.13. The minimum absolute atomic E-state index is 0.128. The van der Waals surface area contributed by atoms with Crippen LogP contribution in [0.4, 0.5) is 5.69 Å². The average Bonchev–Trinajstić information content (AvgIpc) is 3.35. The van der Waals surface area contributed by atoms with E-state index in [1.807, 2.05) is 42.5 Å². The summed E-state index contributed by atoms with van der Waals surface area (Å²) in [6.45, 7) is 4.14. The highest BCUT2D eigenvalue weighted by Gasteiger charge is 2.42. The van der Waals surface area contributed by atoms with Crippen LogP contribution in [0.25, 0.3) is 5.69 Å². The first-order valence-electron chi connectivity index (χ1n) is 11.1. The second-order valence-corrected chi connectivity index (χ2v) is 9.79. The van der Waals surface area contributed by atoms with Gasteiger partial charge in [-0.15, -0.1) is 0 Å². The Bertz CT molecular complexity index is 1400. The van der Waals surface area contributed by atoms with Crippen molar-refractivity contribution in [3.8, 4) is 5.69 Å². The molecule has 1 saturated heterocycles. The van der Waals surface area contributed by atoms with E-state index in [-0.39, 0.29) is 17.6 Å². The largest absolute Gasteiger partial charge is 0.478 e. The Kier molecular flexibility index (Phi) is 6.17. The van der Waals surface area contributed by atoms with Gasteiger partial charge < -0.3 is 19.9 Å². The number of hydrogen-bond donors (Lipinski definition) is 2. The standard InChI is InChI=1S/C27H23BrN4O2S/c1-16-15-22(17(2)31(16)20-10-6-18(7-11-20)26(33)34)25-24(23-5-3-4-14-29-23)30-27(35)32(25)21-12-8-19(28)9-13-21/h3-15,24-25H,1-2H3,(H,30,35)(H,33,34)/t24-,25-/m0/s1. The number of nitrogens with one attached hydrogen (secondary N) is 1. The van der Waals surface area contributed by atoms with Crippen LogP contribution in [-0.2, 0) is 0 Å². The number of aromatic carboxylic acids is 1. The van der Waals surface area contributed by atoms with E-state index in [4.69, 9.17) is 12.2 Å². The summed E-state index contributed by atoms with van der Waals surface area (Å²) in [5.74, 6) is -0.938. The molecule has 6 nitrogen and oxygen atoms in total. The first-order valence-corrected chi connectivity index (χ1v) is 12.3. The monoisotopic (exact) mass is 546 g/mol. The van der Waals surface area contributed by atoms with Gasteiger partial charge >= 0.3 is 5.97 Å². The van der Waals surface area contributed by atoms with Crippen molar-refractivity contribution < 1.29 is 9.90 Å². The van der Waals surface area contributed by atoms with E-state index in [0.717, 1.165) is 38.5 Å². The Morgan fingerprint density at radius 1 is 1.03 bits per heavy atom. The van der Waals surface area contributed by atoms with E-state index in [2.05, 4.69) is 67.7 Å². The lowest BCUT2D eigenvalue weighted by molar-refractivity contribution is 0.0697. The Hall–Kier alpha value is -3.49. The zero-order valence-corrected chi connectivity index (χ0v) is 21.5. The van der Waals surface area contributed by atoms with Crippen LogP contribution in [0.5, 0.6) is 0 Å². The molecule has 1 fully saturated rings. The van der Waals surface area contributed by atoms with Gasteiger partial charge in [0.15, 0.2) is 5.11 Å². The number of carboxylic acid groups (broad SMARTS) is 1. The number of carbonyl (C=O) groups is 1. The third-order valence-corrected chi connectivity index (χ3v) is 7.21. The maximum atomic E-state index is 11.3. The molecule has 2 atom stereocenters. The quantitative estimate of drug-likeness (QED) is 0.293. The van der Waals surface area contributed by atoms with Crippen LogP contribution in [0.1, 0.15) is 45.1 Å². The SMILES string of the molecule is Cc1cc([C@H]2[C@H](c3ccccn3)NC(=S)N2c2ccc(Br)cc2)c(C)n1-c1ccc(C(=O)O)cc1. The molecule has 2 aromatic carbocycles. The topological polar surface area (TPSA) is 70.4 Å². The number of benzene rings is 2. The molecule has 0 bridgehead atoms. The van der Waals surface area contributed by atoms with Gasteiger partial charge in [0.2, 0.25) is 0 Å². The van der Waals surface area contributed by atoms with Gasteiger partial charge in [-0.3, -0.25) is 4.98 Å². The van der Waals surface area contributed by atoms with Gasteiger partial charge in [-0.2, -0.15) is 0 Å². The van der Waals surface area contributed by atoms with E-state index < -0.39 is 5.97 Å². The lowest BCUT2D eigenvalue weighted by Crippen LogP contribution is -2.29. The van der Waals surface area contributed by atoms with Gasteiger partial charge in [0, 0.05) is 33.4 Å². The molecular formula is C27H23BrN4O2S. The third kappa shape index (κ3) is 4.24. The molecule has 4 aromatic rings. The van der Waals surface area contributed by atoms with Gasteiger partial charge in [-0.05, 0) is 98.4 Å². The van der Waals surface area contributed by atoms with Crippen LogP contribution in [0.2, 0.25) is 0 Å². The summed E-state index contributed by atoms with van der Waals surface area (Å²) in [6.07, 6.45) is 1.80. The van der Waals surface area contributed by atoms with Crippen molar-refractivity contribution in [3.05, 3.63) is 112 Å².